The molecule has 3 atom stereocenters. The van der Waals surface area contributed by atoms with Crippen LogP contribution in [0.25, 0.3) is 0 Å². The van der Waals surface area contributed by atoms with E-state index in [0.29, 0.717) is 27.7 Å². The monoisotopic (exact) mass is 532 g/mol. The van der Waals surface area contributed by atoms with Crippen LogP contribution in [0.2, 0.25) is 10.0 Å². The smallest absolute Gasteiger partial charge is 0.224 e. The van der Waals surface area contributed by atoms with Gasteiger partial charge < -0.3 is 10.2 Å². The number of carbonyl (C=O) groups excluding carboxylic acids is 2. The van der Waals surface area contributed by atoms with Crippen LogP contribution in [0.3, 0.4) is 0 Å². The second kappa shape index (κ2) is 9.66. The minimum Gasteiger partial charge on any atom is -0.357 e. The molecule has 3 aromatic carbocycles. The third kappa shape index (κ3) is 4.81. The molecular weight excluding hydrogens is 503 g/mol. The lowest BCUT2D eigenvalue weighted by atomic mass is 9.75. The van der Waals surface area contributed by atoms with Crippen molar-refractivity contribution >= 4 is 46.3 Å². The van der Waals surface area contributed by atoms with Gasteiger partial charge in [-0.15, -0.1) is 0 Å². The fourth-order valence-electron chi connectivity index (χ4n) is 5.48. The summed E-state index contributed by atoms with van der Waals surface area (Å²) in [5.41, 5.74) is 5.36. The van der Waals surface area contributed by atoms with Crippen molar-refractivity contribution in [1.29, 1.82) is 0 Å². The van der Waals surface area contributed by atoms with E-state index >= 15 is 0 Å². The summed E-state index contributed by atoms with van der Waals surface area (Å²) in [5.74, 6) is -0.776. The van der Waals surface area contributed by atoms with Crippen LogP contribution in [0.5, 0.6) is 0 Å². The summed E-state index contributed by atoms with van der Waals surface area (Å²) in [5, 5.41) is 4.45. The van der Waals surface area contributed by atoms with Gasteiger partial charge in [-0.2, -0.15) is 0 Å². The molecule has 1 aliphatic carbocycles. The van der Waals surface area contributed by atoms with Gasteiger partial charge in [0.2, 0.25) is 5.91 Å². The van der Waals surface area contributed by atoms with Crippen molar-refractivity contribution in [3.8, 4) is 0 Å². The summed E-state index contributed by atoms with van der Waals surface area (Å²) in [6.45, 7) is 8.09. The number of nitrogens with zero attached hydrogens (tertiary/aromatic N) is 1. The molecule has 6 heteroatoms. The lowest BCUT2D eigenvalue weighted by Crippen LogP contribution is -2.41. The number of para-hydroxylation sites is 2. The second-order valence-corrected chi connectivity index (χ2v) is 11.7. The Morgan fingerprint density at radius 3 is 2.35 bits per heavy atom. The molecule has 37 heavy (non-hydrogen) atoms. The third-order valence-corrected chi connectivity index (χ3v) is 7.91. The largest absolute Gasteiger partial charge is 0.357 e. The van der Waals surface area contributed by atoms with Crippen molar-refractivity contribution in [2.75, 3.05) is 10.2 Å². The Morgan fingerprint density at radius 2 is 1.70 bits per heavy atom. The van der Waals surface area contributed by atoms with E-state index in [1.54, 1.807) is 17.0 Å². The molecule has 1 N–H and O–H groups in total. The molecule has 5 rings (SSSR count). The van der Waals surface area contributed by atoms with E-state index in [-0.39, 0.29) is 23.0 Å². The van der Waals surface area contributed by atoms with Crippen molar-refractivity contribution in [3.05, 3.63) is 105 Å². The molecule has 1 aliphatic heterocycles. The Morgan fingerprint density at radius 1 is 1.00 bits per heavy atom. The Labute approximate surface area is 228 Å². The van der Waals surface area contributed by atoms with E-state index in [9.17, 15) is 9.59 Å². The van der Waals surface area contributed by atoms with Crippen LogP contribution in [0.1, 0.15) is 62.8 Å². The van der Waals surface area contributed by atoms with Gasteiger partial charge in [-0.3, -0.25) is 9.59 Å². The van der Waals surface area contributed by atoms with Gasteiger partial charge in [0.1, 0.15) is 5.78 Å². The molecule has 0 fully saturated rings. The number of amides is 1. The SMILES string of the molecule is CC(=O)N1c2ccccc2NC2=C[C@@H](c3ccc(C(C)(C)C)cc3)CC(=O)[C@@H]2[C@@H]1c1ccc(Cl)cc1Cl. The maximum Gasteiger partial charge on any atom is 0.224 e. The molecule has 0 spiro atoms. The van der Waals surface area contributed by atoms with Crippen LogP contribution < -0.4 is 10.2 Å². The van der Waals surface area contributed by atoms with E-state index in [1.165, 1.54) is 12.5 Å². The van der Waals surface area contributed by atoms with E-state index < -0.39 is 12.0 Å². The molecule has 0 aromatic heterocycles. The second-order valence-electron chi connectivity index (χ2n) is 10.9. The van der Waals surface area contributed by atoms with E-state index in [1.807, 2.05) is 30.3 Å². The molecule has 1 heterocycles. The standard InChI is InChI=1S/C31H30Cl2N2O2/c1-18(36)35-27-8-6-5-7-25(27)34-26-15-20(19-9-11-21(12-10-19)31(2,3)4)16-28(37)29(26)30(35)23-14-13-22(32)17-24(23)33/h5-15,17,20,29-30,34H,16H2,1-4H3/t20-,29-,30+/m1/s1. The minimum atomic E-state index is -0.610. The highest BCUT2D eigenvalue weighted by Crippen LogP contribution is 2.49. The number of rotatable bonds is 2. The number of hydrogen-bond acceptors (Lipinski definition) is 3. The molecule has 0 unspecified atom stereocenters. The molecule has 3 aromatic rings. The maximum absolute atomic E-state index is 14.0. The fraction of sp³-hybridized carbons (Fsp3) is 0.290. The zero-order chi connectivity index (χ0) is 26.5. The Hall–Kier alpha value is -3.08. The van der Waals surface area contributed by atoms with Gasteiger partial charge in [0.25, 0.3) is 0 Å². The van der Waals surface area contributed by atoms with Crippen molar-refractivity contribution in [3.63, 3.8) is 0 Å². The molecule has 190 valence electrons. The normalized spacial score (nSPS) is 21.4. The molecule has 0 bridgehead atoms. The van der Waals surface area contributed by atoms with Gasteiger partial charge in [0.15, 0.2) is 0 Å². The third-order valence-electron chi connectivity index (χ3n) is 7.35. The molecular formula is C31H30Cl2N2O2. The number of hydrogen-bond donors (Lipinski definition) is 1. The highest BCUT2D eigenvalue weighted by molar-refractivity contribution is 6.35. The maximum atomic E-state index is 14.0. The first-order valence-electron chi connectivity index (χ1n) is 12.5. The number of halogens is 2. The van der Waals surface area contributed by atoms with Crippen molar-refractivity contribution < 1.29 is 9.59 Å². The van der Waals surface area contributed by atoms with Crippen molar-refractivity contribution in [2.45, 2.75) is 51.5 Å². The number of Topliss-reactive ketones (excluding diaryl/α,β-unsaturated/α-hetero) is 1. The molecule has 0 radical (unpaired) electrons. The quantitative estimate of drug-likeness (QED) is 0.363. The number of nitrogens with one attached hydrogen (secondary N) is 1. The first kappa shape index (κ1) is 25.6. The highest BCUT2D eigenvalue weighted by Gasteiger charge is 2.45. The average Bonchev–Trinajstić information content (AvgIpc) is 2.98. The Balaban J connectivity index is 1.67. The van der Waals surface area contributed by atoms with Crippen LogP contribution in [-0.2, 0) is 15.0 Å². The predicted molar refractivity (Wildman–Crippen MR) is 152 cm³/mol. The first-order chi connectivity index (χ1) is 17.5. The minimum absolute atomic E-state index is 0.0538. The lowest BCUT2D eigenvalue weighted by molar-refractivity contribution is -0.123. The van der Waals surface area contributed by atoms with E-state index in [0.717, 1.165) is 16.9 Å². The Kier molecular flexibility index (Phi) is 6.68. The number of anilines is 2. The van der Waals surface area contributed by atoms with Gasteiger partial charge >= 0.3 is 0 Å². The number of ketones is 1. The van der Waals surface area contributed by atoms with Gasteiger partial charge in [0.05, 0.1) is 23.3 Å². The zero-order valence-corrected chi connectivity index (χ0v) is 22.9. The average molecular weight is 533 g/mol. The number of fused-ring (bicyclic) bond motifs is 2. The molecule has 4 nitrogen and oxygen atoms in total. The summed E-state index contributed by atoms with van der Waals surface area (Å²) in [6.07, 6.45) is 2.49. The first-order valence-corrected chi connectivity index (χ1v) is 13.3. The number of allylic oxidation sites excluding steroid dienone is 1. The van der Waals surface area contributed by atoms with Gasteiger partial charge in [-0.25, -0.2) is 0 Å². The van der Waals surface area contributed by atoms with E-state index in [4.69, 9.17) is 23.2 Å². The van der Waals surface area contributed by atoms with E-state index in [2.05, 4.69) is 56.4 Å². The predicted octanol–water partition coefficient (Wildman–Crippen LogP) is 8.07. The zero-order valence-electron chi connectivity index (χ0n) is 21.4. The van der Waals surface area contributed by atoms with Crippen LogP contribution in [-0.4, -0.2) is 11.7 Å². The summed E-state index contributed by atoms with van der Waals surface area (Å²) in [4.78, 5) is 28.8. The summed E-state index contributed by atoms with van der Waals surface area (Å²) in [7, 11) is 0. The molecule has 0 saturated heterocycles. The van der Waals surface area contributed by atoms with Gasteiger partial charge in [0, 0.05) is 35.0 Å². The summed E-state index contributed by atoms with van der Waals surface area (Å²) >= 11 is 12.9. The highest BCUT2D eigenvalue weighted by atomic mass is 35.5. The molecule has 2 aliphatic rings. The summed E-state index contributed by atoms with van der Waals surface area (Å²) < 4.78 is 0. The Bertz CT molecular complexity index is 1410. The van der Waals surface area contributed by atoms with Crippen LogP contribution in [0.15, 0.2) is 78.5 Å². The molecule has 1 amide bonds. The van der Waals surface area contributed by atoms with Gasteiger partial charge in [-0.05, 0) is 46.4 Å². The van der Waals surface area contributed by atoms with Gasteiger partial charge in [-0.1, -0.05) is 92.5 Å². The fourth-order valence-corrected chi connectivity index (χ4v) is 6.00. The lowest BCUT2D eigenvalue weighted by Gasteiger charge is -2.37. The van der Waals surface area contributed by atoms with Crippen LogP contribution in [0.4, 0.5) is 11.4 Å². The number of benzene rings is 3. The number of carbonyl (C=O) groups is 2. The van der Waals surface area contributed by atoms with Crippen LogP contribution in [0, 0.1) is 5.92 Å². The van der Waals surface area contributed by atoms with Crippen LogP contribution >= 0.6 is 23.2 Å². The topological polar surface area (TPSA) is 49.4 Å². The summed E-state index contributed by atoms with van der Waals surface area (Å²) in [6, 6.07) is 20.8. The van der Waals surface area contributed by atoms with Crippen molar-refractivity contribution in [1.82, 2.24) is 0 Å². The van der Waals surface area contributed by atoms with Crippen molar-refractivity contribution in [2.24, 2.45) is 5.92 Å². The molecule has 0 saturated carbocycles.